The number of hydrogen-bond donors (Lipinski definition) is 8. The Morgan fingerprint density at radius 2 is 0.750 bits per heavy atom. The lowest BCUT2D eigenvalue weighted by molar-refractivity contribution is -0.140. The van der Waals surface area contributed by atoms with Crippen LogP contribution in [0.3, 0.4) is 0 Å². The van der Waals surface area contributed by atoms with Gasteiger partial charge in [-0.1, -0.05) is 47.0 Å². The minimum atomic E-state index is -1.83. The van der Waals surface area contributed by atoms with E-state index < -0.39 is 117 Å². The van der Waals surface area contributed by atoms with Crippen LogP contribution in [0.5, 0.6) is 11.5 Å². The van der Waals surface area contributed by atoms with Gasteiger partial charge in [-0.3, -0.25) is 8.80 Å². The minimum absolute atomic E-state index is 0.0971. The Labute approximate surface area is 320 Å². The van der Waals surface area contributed by atoms with E-state index in [4.69, 9.17) is 9.47 Å². The Balaban J connectivity index is 1.58. The first-order chi connectivity index (χ1) is 26.4. The van der Waals surface area contributed by atoms with Gasteiger partial charge < -0.3 is 50.3 Å². The Morgan fingerprint density at radius 1 is 0.446 bits per heavy atom. The summed E-state index contributed by atoms with van der Waals surface area (Å²) in [6, 6.07) is 0. The number of hydrogen-bond acceptors (Lipinski definition) is 18. The molecule has 24 nitrogen and oxygen atoms in total. The Hall–Kier alpha value is -6.78. The maximum Gasteiger partial charge on any atom is 0.374 e. The molecule has 2 aliphatic heterocycles. The monoisotopic (exact) mass is 848 g/mol. The number of rotatable bonds is 12. The van der Waals surface area contributed by atoms with Crippen LogP contribution in [0.15, 0.2) is 19.6 Å². The van der Waals surface area contributed by atoms with Crippen molar-refractivity contribution in [3.8, 4) is 11.5 Å². The highest BCUT2D eigenvalue weighted by Crippen LogP contribution is 2.68. The third-order valence-corrected chi connectivity index (χ3v) is 12.7. The highest BCUT2D eigenvalue weighted by molar-refractivity contribution is 8.33. The first kappa shape index (κ1) is 37.5. The number of benzene rings is 1. The van der Waals surface area contributed by atoms with E-state index in [1.807, 2.05) is 0 Å². The van der Waals surface area contributed by atoms with E-state index >= 15 is 0 Å². The molecule has 0 bridgehead atoms. The van der Waals surface area contributed by atoms with Crippen LogP contribution in [-0.4, -0.2) is 131 Å². The molecule has 28 heteroatoms. The SMILES string of the molecule is O=C(O)COc1c2c(c(OCC(=O)O)c3c1SC(=c1c(C(=O)O)c(C(=O)O)c4nnc(C(=O)O)n14)S3)SC(=c1c(C(=O)O)c(C(=O)O)c3nnc(C(=O)O)n13)S2. The molecule has 0 unspecified atom stereocenters. The van der Waals surface area contributed by atoms with Gasteiger partial charge in [0, 0.05) is 0 Å². The summed E-state index contributed by atoms with van der Waals surface area (Å²) < 4.78 is 12.3. The van der Waals surface area contributed by atoms with Gasteiger partial charge in [-0.15, -0.1) is 20.4 Å². The fourth-order valence-corrected chi connectivity index (χ4v) is 11.2. The Kier molecular flexibility index (Phi) is 9.05. The van der Waals surface area contributed by atoms with Gasteiger partial charge in [0.1, 0.15) is 22.3 Å². The summed E-state index contributed by atoms with van der Waals surface area (Å²) in [5.41, 5.74) is -5.01. The van der Waals surface area contributed by atoms with Gasteiger partial charge in [-0.2, -0.15) is 0 Å². The fourth-order valence-electron chi connectivity index (χ4n) is 5.61. The zero-order valence-electron chi connectivity index (χ0n) is 26.4. The van der Waals surface area contributed by atoms with Gasteiger partial charge >= 0.3 is 47.8 Å². The highest BCUT2D eigenvalue weighted by atomic mass is 32.2. The number of carboxylic acids is 8. The largest absolute Gasteiger partial charge is 0.479 e. The highest BCUT2D eigenvalue weighted by Gasteiger charge is 2.41. The number of carboxylic acid groups (broad SMARTS) is 8. The van der Waals surface area contributed by atoms with Crippen molar-refractivity contribution in [3.05, 3.63) is 44.6 Å². The van der Waals surface area contributed by atoms with Gasteiger partial charge in [0.05, 0.1) is 38.8 Å². The third-order valence-electron chi connectivity index (χ3n) is 7.52. The Bertz CT molecular complexity index is 2630. The van der Waals surface area contributed by atoms with Crippen molar-refractivity contribution in [3.63, 3.8) is 0 Å². The molecule has 56 heavy (non-hydrogen) atoms. The lowest BCUT2D eigenvalue weighted by Crippen LogP contribution is -2.23. The quantitative estimate of drug-likeness (QED) is 0.0834. The molecule has 1 aromatic carbocycles. The predicted octanol–water partition coefficient (Wildman–Crippen LogP) is 0.253. The lowest BCUT2D eigenvalue weighted by Gasteiger charge is -2.16. The molecule has 0 saturated heterocycles. The zero-order valence-corrected chi connectivity index (χ0v) is 29.7. The summed E-state index contributed by atoms with van der Waals surface area (Å²) in [5, 5.41) is 92.1. The minimum Gasteiger partial charge on any atom is -0.479 e. The van der Waals surface area contributed by atoms with Crippen molar-refractivity contribution in [1.29, 1.82) is 0 Å². The maximum absolute atomic E-state index is 12.6. The summed E-state index contributed by atoms with van der Waals surface area (Å²) in [7, 11) is 0. The van der Waals surface area contributed by atoms with Crippen LogP contribution in [0.25, 0.3) is 19.8 Å². The molecule has 286 valence electrons. The molecular formula is C28H12N6O18S4. The summed E-state index contributed by atoms with van der Waals surface area (Å²) >= 11 is 2.41. The van der Waals surface area contributed by atoms with Gasteiger partial charge in [0.2, 0.25) is 11.6 Å². The van der Waals surface area contributed by atoms with E-state index in [2.05, 4.69) is 20.4 Å². The smallest absolute Gasteiger partial charge is 0.374 e. The molecule has 0 saturated carbocycles. The summed E-state index contributed by atoms with van der Waals surface area (Å²) in [4.78, 5) is 97.2. The standard InChI is InChI=1S/C28H12N6O18S4/c35-3(36)1-51-11-13-15(55-27(53-13)9-5(21(39)40)7(23(43)44)17-29-31-19(25(47)48)33(9)17)12(52-2-4(37)38)16-14(11)54-28(56-16)10-6(22(41)42)8(24(45)46)18-30-32-20(26(49)50)34(10)18/h1-2H2,(H,35,36)(H,37,38)(H,39,40)(H,41,42)(H,43,44)(H,45,46)(H,47,48)(H,49,50). The molecule has 5 aromatic rings. The lowest BCUT2D eigenvalue weighted by atomic mass is 10.2. The van der Waals surface area contributed by atoms with E-state index in [1.54, 1.807) is 0 Å². The molecule has 2 aliphatic rings. The number of aromatic nitrogens is 6. The van der Waals surface area contributed by atoms with Crippen LogP contribution in [-0.2, 0) is 9.59 Å². The summed E-state index contributed by atoms with van der Waals surface area (Å²) in [6.07, 6.45) is 0. The first-order valence-electron chi connectivity index (χ1n) is 14.4. The van der Waals surface area contributed by atoms with Crippen molar-refractivity contribution >= 4 is 115 Å². The van der Waals surface area contributed by atoms with Crippen LogP contribution in [0, 0.1) is 0 Å². The fraction of sp³-hybridized carbons (Fsp3) is 0.0714. The van der Waals surface area contributed by atoms with Gasteiger partial charge in [0.25, 0.3) is 0 Å². The van der Waals surface area contributed by atoms with E-state index in [9.17, 15) is 79.2 Å². The van der Waals surface area contributed by atoms with Gasteiger partial charge in [-0.25, -0.2) is 38.4 Å². The second-order valence-electron chi connectivity index (χ2n) is 10.7. The normalized spacial score (nSPS) is 13.2. The number of aromatic carboxylic acids is 6. The molecule has 0 amide bonds. The number of ether oxygens (including phenoxy) is 2. The first-order valence-corrected chi connectivity index (χ1v) is 17.6. The third kappa shape index (κ3) is 5.68. The molecule has 4 aromatic heterocycles. The molecular weight excluding hydrogens is 837 g/mol. The summed E-state index contributed by atoms with van der Waals surface area (Å²) in [6.45, 7) is -2.10. The second-order valence-corrected chi connectivity index (χ2v) is 15.3. The van der Waals surface area contributed by atoms with Crippen molar-refractivity contribution in [2.75, 3.05) is 13.2 Å². The zero-order chi connectivity index (χ0) is 40.7. The van der Waals surface area contributed by atoms with E-state index in [0.29, 0.717) is 55.8 Å². The van der Waals surface area contributed by atoms with Crippen LogP contribution >= 0.6 is 47.0 Å². The summed E-state index contributed by atoms with van der Waals surface area (Å²) in [5.74, 6) is -16.2. The van der Waals surface area contributed by atoms with E-state index in [1.165, 1.54) is 0 Å². The molecule has 8 N–H and O–H groups in total. The molecule has 0 atom stereocenters. The van der Waals surface area contributed by atoms with Crippen molar-refractivity contribution in [1.82, 2.24) is 29.2 Å². The number of nitrogens with zero attached hydrogens (tertiary/aromatic N) is 6. The number of carbonyl (C=O) groups is 8. The average molecular weight is 849 g/mol. The van der Waals surface area contributed by atoms with Crippen molar-refractivity contribution < 1.29 is 88.7 Å². The molecule has 6 heterocycles. The van der Waals surface area contributed by atoms with Gasteiger partial charge in [0.15, 0.2) is 36.0 Å². The van der Waals surface area contributed by atoms with Crippen LogP contribution in [0.1, 0.15) is 62.7 Å². The van der Waals surface area contributed by atoms with Crippen LogP contribution in [0.2, 0.25) is 0 Å². The molecule has 0 radical (unpaired) electrons. The van der Waals surface area contributed by atoms with Crippen molar-refractivity contribution in [2.45, 2.75) is 19.6 Å². The predicted molar refractivity (Wildman–Crippen MR) is 181 cm³/mol. The number of thioether (sulfide) groups is 4. The molecule has 7 rings (SSSR count). The second kappa shape index (κ2) is 13.5. The maximum atomic E-state index is 12.6. The Morgan fingerprint density at radius 3 is 1.00 bits per heavy atom. The number of fused-ring (bicyclic) bond motifs is 4. The van der Waals surface area contributed by atoms with Crippen molar-refractivity contribution in [2.24, 2.45) is 0 Å². The van der Waals surface area contributed by atoms with E-state index in [0.717, 1.165) is 0 Å². The molecule has 0 aliphatic carbocycles. The molecule has 0 fully saturated rings. The van der Waals surface area contributed by atoms with E-state index in [-0.39, 0.29) is 39.6 Å². The average Bonchev–Trinajstić information content (AvgIpc) is 3.93. The van der Waals surface area contributed by atoms with Gasteiger partial charge in [-0.05, 0) is 0 Å². The topological polar surface area (TPSA) is 377 Å². The van der Waals surface area contributed by atoms with Crippen LogP contribution in [0.4, 0.5) is 0 Å². The van der Waals surface area contributed by atoms with Crippen LogP contribution < -0.4 is 20.2 Å². The molecule has 0 spiro atoms. The number of aliphatic carboxylic acids is 2.